The van der Waals surface area contributed by atoms with Crippen molar-refractivity contribution in [3.63, 3.8) is 0 Å². The minimum atomic E-state index is -4.73. The van der Waals surface area contributed by atoms with Gasteiger partial charge in [-0.2, -0.15) is 18.2 Å². The second-order valence-corrected chi connectivity index (χ2v) is 10.0. The second-order valence-electron chi connectivity index (χ2n) is 7.90. The summed E-state index contributed by atoms with van der Waals surface area (Å²) in [5, 5.41) is 5.55. The van der Waals surface area contributed by atoms with Crippen LogP contribution in [0.4, 0.5) is 36.3 Å². The number of anilines is 4. The Morgan fingerprint density at radius 1 is 1.17 bits per heavy atom. The normalized spacial score (nSPS) is 14.1. The van der Waals surface area contributed by atoms with E-state index < -0.39 is 25.6 Å². The quantitative estimate of drug-likeness (QED) is 0.330. The maximum Gasteiger partial charge on any atom is 0.421 e. The average Bonchev–Trinajstić information content (AvgIpc) is 3.10. The lowest BCUT2D eigenvalue weighted by Gasteiger charge is -2.16. The molecule has 2 aromatic carbocycles. The Morgan fingerprint density at radius 3 is 2.54 bits per heavy atom. The molecule has 1 aliphatic rings. The number of benzene rings is 2. The summed E-state index contributed by atoms with van der Waals surface area (Å²) in [6.07, 6.45) is -3.44. The second kappa shape index (κ2) is 9.96. The Bertz CT molecular complexity index is 1300. The van der Waals surface area contributed by atoms with Crippen LogP contribution in [0.5, 0.6) is 0 Å². The number of halogens is 4. The van der Waals surface area contributed by atoms with Crippen molar-refractivity contribution in [2.24, 2.45) is 0 Å². The van der Waals surface area contributed by atoms with Gasteiger partial charge in [-0.15, -0.1) is 0 Å². The highest BCUT2D eigenvalue weighted by Crippen LogP contribution is 2.39. The van der Waals surface area contributed by atoms with Crippen molar-refractivity contribution in [2.45, 2.75) is 19.1 Å². The highest BCUT2D eigenvalue weighted by molar-refractivity contribution is 9.10. The molecule has 8 nitrogen and oxygen atoms in total. The Hall–Kier alpha value is -2.95. The van der Waals surface area contributed by atoms with Gasteiger partial charge in [0.15, 0.2) is 8.03 Å². The molecule has 1 atom stereocenters. The fraction of sp³-hybridized carbons (Fsp3) is 0.227. The van der Waals surface area contributed by atoms with E-state index in [1.165, 1.54) is 11.0 Å². The van der Waals surface area contributed by atoms with Crippen molar-refractivity contribution >= 4 is 53.0 Å². The molecule has 0 spiro atoms. The largest absolute Gasteiger partial charge is 0.421 e. The van der Waals surface area contributed by atoms with E-state index in [2.05, 4.69) is 36.5 Å². The van der Waals surface area contributed by atoms with Gasteiger partial charge in [-0.25, -0.2) is 4.98 Å². The maximum atomic E-state index is 13.7. The van der Waals surface area contributed by atoms with Gasteiger partial charge in [0.05, 0.1) is 11.3 Å². The molecule has 2 heterocycles. The van der Waals surface area contributed by atoms with E-state index in [4.69, 9.17) is 4.89 Å². The van der Waals surface area contributed by atoms with E-state index in [1.54, 1.807) is 37.4 Å². The number of aromatic nitrogens is 2. The molecule has 4 rings (SSSR count). The summed E-state index contributed by atoms with van der Waals surface area (Å²) in [6.45, 7) is 0.332. The van der Waals surface area contributed by atoms with Gasteiger partial charge in [-0.3, -0.25) is 9.36 Å². The van der Waals surface area contributed by atoms with E-state index in [0.29, 0.717) is 34.9 Å². The Morgan fingerprint density at radius 2 is 1.89 bits per heavy atom. The van der Waals surface area contributed by atoms with E-state index in [-0.39, 0.29) is 29.3 Å². The van der Waals surface area contributed by atoms with E-state index in [0.717, 1.165) is 5.56 Å². The molecular weight excluding hydrogens is 550 g/mol. The molecule has 0 aliphatic carbocycles. The zero-order valence-electron chi connectivity index (χ0n) is 18.3. The zero-order valence-corrected chi connectivity index (χ0v) is 20.9. The molecular formula is C22H20BrF3N5O3P. The van der Waals surface area contributed by atoms with Crippen LogP contribution in [0.1, 0.15) is 27.0 Å². The van der Waals surface area contributed by atoms with Crippen LogP contribution in [-0.2, 0) is 23.7 Å². The van der Waals surface area contributed by atoms with Gasteiger partial charge in [-0.05, 0) is 36.2 Å². The van der Waals surface area contributed by atoms with E-state index in [1.807, 2.05) is 0 Å². The van der Waals surface area contributed by atoms with Crippen LogP contribution in [0, 0.1) is 0 Å². The number of aryl methyl sites for hydroxylation is 1. The third-order valence-electron chi connectivity index (χ3n) is 5.40. The first kappa shape index (κ1) is 25.2. The Labute approximate surface area is 207 Å². The predicted octanol–water partition coefficient (Wildman–Crippen LogP) is 5.34. The van der Waals surface area contributed by atoms with Gasteiger partial charge in [0.25, 0.3) is 5.91 Å². The van der Waals surface area contributed by atoms with Crippen molar-refractivity contribution in [2.75, 3.05) is 23.8 Å². The molecule has 184 valence electrons. The summed E-state index contributed by atoms with van der Waals surface area (Å²) < 4.78 is 52.7. The number of nitrogens with one attached hydrogen (secondary N) is 2. The van der Waals surface area contributed by atoms with Gasteiger partial charge >= 0.3 is 6.18 Å². The van der Waals surface area contributed by atoms with Gasteiger partial charge in [-0.1, -0.05) is 28.1 Å². The number of nitrogens with zero attached hydrogens (tertiary/aromatic N) is 3. The number of fused-ring (bicyclic) bond motifs is 1. The predicted molar refractivity (Wildman–Crippen MR) is 130 cm³/mol. The third-order valence-corrected chi connectivity index (χ3v) is 6.82. The number of hydrogen-bond acceptors (Lipinski definition) is 6. The van der Waals surface area contributed by atoms with Crippen molar-refractivity contribution in [1.82, 2.24) is 14.9 Å². The van der Waals surface area contributed by atoms with Gasteiger partial charge in [0, 0.05) is 41.7 Å². The lowest BCUT2D eigenvalue weighted by atomic mass is 10.1. The number of carbonyl (C=O) groups is 1. The van der Waals surface area contributed by atoms with Gasteiger partial charge in [0.2, 0.25) is 5.95 Å². The lowest BCUT2D eigenvalue weighted by molar-refractivity contribution is -0.137. The smallest absolute Gasteiger partial charge is 0.346 e. The molecule has 0 saturated heterocycles. The molecule has 0 bridgehead atoms. The number of rotatable bonds is 7. The van der Waals surface area contributed by atoms with Crippen molar-refractivity contribution in [3.8, 4) is 0 Å². The molecule has 1 amide bonds. The number of carbonyl (C=O) groups excluding carboxylic acids is 1. The average molecular weight is 570 g/mol. The Balaban J connectivity index is 1.64. The summed E-state index contributed by atoms with van der Waals surface area (Å²) in [4.78, 5) is 30.9. The first-order valence-corrected chi connectivity index (χ1v) is 12.7. The fourth-order valence-electron chi connectivity index (χ4n) is 3.63. The number of hydrogen-bond donors (Lipinski definition) is 3. The highest BCUT2D eigenvalue weighted by atomic mass is 79.9. The van der Waals surface area contributed by atoms with Crippen LogP contribution in [-0.4, -0.2) is 38.9 Å². The van der Waals surface area contributed by atoms with Crippen LogP contribution in [0.3, 0.4) is 0 Å². The maximum absolute atomic E-state index is 13.7. The topological polar surface area (TPSA) is 107 Å². The van der Waals surface area contributed by atoms with E-state index >= 15 is 0 Å². The van der Waals surface area contributed by atoms with Crippen molar-refractivity contribution in [3.05, 3.63) is 69.3 Å². The third kappa shape index (κ3) is 5.66. The summed E-state index contributed by atoms with van der Waals surface area (Å²) in [5.74, 6) is -0.881. The van der Waals surface area contributed by atoms with Crippen LogP contribution in [0.2, 0.25) is 0 Å². The molecule has 1 aromatic heterocycles. The molecule has 1 aliphatic heterocycles. The van der Waals surface area contributed by atoms with Crippen molar-refractivity contribution < 1.29 is 27.4 Å². The molecule has 0 fully saturated rings. The fourth-order valence-corrected chi connectivity index (χ4v) is 4.59. The van der Waals surface area contributed by atoms with Crippen LogP contribution in [0.25, 0.3) is 0 Å². The molecule has 1 unspecified atom stereocenters. The SMILES string of the molecule is CN1Cc2c(Br)ccc(Nc3nc(Nc4ccc(CC[PH](=O)O)cc4)ncc3C(F)(F)F)c2C1=O. The molecule has 3 aromatic rings. The van der Waals surface area contributed by atoms with E-state index in [9.17, 15) is 22.5 Å². The lowest BCUT2D eigenvalue weighted by Crippen LogP contribution is -2.18. The number of amides is 1. The molecule has 0 radical (unpaired) electrons. The van der Waals surface area contributed by atoms with Crippen LogP contribution in [0.15, 0.2) is 47.1 Å². The minimum absolute atomic E-state index is 0.0779. The first-order chi connectivity index (χ1) is 16.5. The monoisotopic (exact) mass is 569 g/mol. The molecule has 3 N–H and O–H groups in total. The zero-order chi connectivity index (χ0) is 25.3. The van der Waals surface area contributed by atoms with Gasteiger partial charge in [0.1, 0.15) is 11.4 Å². The highest BCUT2D eigenvalue weighted by Gasteiger charge is 2.36. The van der Waals surface area contributed by atoms with Crippen LogP contribution >= 0.6 is 24.0 Å². The minimum Gasteiger partial charge on any atom is -0.346 e. The van der Waals surface area contributed by atoms with Crippen LogP contribution < -0.4 is 10.6 Å². The standard InChI is InChI=1S/C22H20BrF3N5O3P/c1-31-11-14-16(23)6-7-17(18(14)20(31)32)29-19-15(22(24,25)26)10-27-21(30-19)28-13-4-2-12(3-5-13)8-9-35(33)34/h2-7,10,35H,8-9,11H2,1H3,(H,33,34)(H2,27,28,29,30). The molecule has 35 heavy (non-hydrogen) atoms. The molecule has 0 saturated carbocycles. The summed E-state index contributed by atoms with van der Waals surface area (Å²) >= 11 is 3.39. The summed E-state index contributed by atoms with van der Waals surface area (Å²) in [7, 11) is -0.947. The number of alkyl halides is 3. The summed E-state index contributed by atoms with van der Waals surface area (Å²) in [5.41, 5.74) is 1.46. The van der Waals surface area contributed by atoms with Gasteiger partial charge < -0.3 is 20.4 Å². The Kier molecular flexibility index (Phi) is 7.16. The summed E-state index contributed by atoms with van der Waals surface area (Å²) in [6, 6.07) is 10.0. The van der Waals surface area contributed by atoms with Crippen molar-refractivity contribution in [1.29, 1.82) is 0 Å². The molecule has 13 heteroatoms. The first-order valence-electron chi connectivity index (χ1n) is 10.4.